The van der Waals surface area contributed by atoms with Crippen LogP contribution in [-0.4, -0.2) is 127 Å². The summed E-state index contributed by atoms with van der Waals surface area (Å²) in [4.78, 5) is 36.0. The third kappa shape index (κ3) is 59.4. The summed E-state index contributed by atoms with van der Waals surface area (Å²) in [7, 11) is -5.57. The molecular formula is C48H102B2N11O8PS. The van der Waals surface area contributed by atoms with Gasteiger partial charge in [-0.2, -0.15) is 9.91 Å². The molecule has 0 fully saturated rings. The highest BCUT2D eigenvalue weighted by Gasteiger charge is 2.23. The van der Waals surface area contributed by atoms with E-state index >= 15 is 0 Å². The molecule has 0 radical (unpaired) electrons. The molecule has 0 spiro atoms. The lowest BCUT2D eigenvalue weighted by Crippen LogP contribution is -2.20. The van der Waals surface area contributed by atoms with Crippen LogP contribution >= 0.6 is 7.37 Å². The normalized spacial score (nSPS) is 13.7. The summed E-state index contributed by atoms with van der Waals surface area (Å²) in [6, 6.07) is 0. The number of amidine groups is 1. The molecule has 19 nitrogen and oxygen atoms in total. The highest BCUT2D eigenvalue weighted by atomic mass is 32.2. The van der Waals surface area contributed by atoms with Gasteiger partial charge in [0, 0.05) is 38.3 Å². The first-order valence-electron chi connectivity index (χ1n) is 24.3. The summed E-state index contributed by atoms with van der Waals surface area (Å²) in [5.74, 6) is 2.72. The number of nitrogens with zero attached hydrogens (tertiary/aromatic N) is 11. The van der Waals surface area contributed by atoms with Gasteiger partial charge in [0.15, 0.2) is 37.3 Å². The molecular weight excluding hydrogens is 943 g/mol. The lowest BCUT2D eigenvalue weighted by atomic mass is 9.50. The summed E-state index contributed by atoms with van der Waals surface area (Å²) in [6.45, 7) is 51.9. The summed E-state index contributed by atoms with van der Waals surface area (Å²) in [5, 5.41) is 48.5. The van der Waals surface area contributed by atoms with E-state index in [1.807, 2.05) is 69.1 Å². The molecule has 1 aliphatic rings. The number of aromatic nitrogens is 8. The monoisotopic (exact) mass is 1050 g/mol. The van der Waals surface area contributed by atoms with Crippen molar-refractivity contribution in [3.63, 3.8) is 0 Å². The van der Waals surface area contributed by atoms with E-state index in [4.69, 9.17) is 14.9 Å². The Kier molecular flexibility index (Phi) is 33.2. The Labute approximate surface area is 432 Å². The molecule has 3 N–H and O–H groups in total. The zero-order valence-corrected chi connectivity index (χ0v) is 51.4. The number of ketones is 2. The Hall–Kier alpha value is -3.06. The molecule has 1 aliphatic heterocycles. The minimum atomic E-state index is -2.79. The second kappa shape index (κ2) is 31.6. The van der Waals surface area contributed by atoms with Crippen molar-refractivity contribution in [1.29, 1.82) is 0 Å². The SMILES string of the molecule is CB(O)C(C)(C)C.CB(O)CC(C)(C)C.CC(=O)Cn1nnc(CC(C)(C)C)n1.CC(=O)Cn1nnnc1CC(C)(C)C.CC(C)(C)CC1=NCN=N1.CC(C)(C)CP(C)(=O)O.CC(C)(C)CS(C)(=O)=O. The number of Topliss-reactive ketones (excluding diaryl/α,β-unsaturated/α-hetero) is 2. The van der Waals surface area contributed by atoms with Crippen molar-refractivity contribution < 1.29 is 37.5 Å². The number of carbonyl (C=O) groups is 2. The Morgan fingerprint density at radius 1 is 0.676 bits per heavy atom. The van der Waals surface area contributed by atoms with Crippen molar-refractivity contribution in [2.45, 2.75) is 217 Å². The van der Waals surface area contributed by atoms with Crippen LogP contribution in [0.25, 0.3) is 0 Å². The largest absolute Gasteiger partial charge is 0.451 e. The summed E-state index contributed by atoms with van der Waals surface area (Å²) >= 11 is 0. The van der Waals surface area contributed by atoms with Gasteiger partial charge in [-0.1, -0.05) is 159 Å². The van der Waals surface area contributed by atoms with Crippen LogP contribution < -0.4 is 0 Å². The molecule has 0 bridgehead atoms. The molecule has 71 heavy (non-hydrogen) atoms. The fraction of sp³-hybridized carbons (Fsp3) is 0.896. The second-order valence-corrected chi connectivity index (χ2v) is 31.7. The molecule has 1 atom stereocenters. The van der Waals surface area contributed by atoms with E-state index in [2.05, 4.69) is 129 Å². The van der Waals surface area contributed by atoms with Gasteiger partial charge in [0.2, 0.25) is 0 Å². The zero-order valence-electron chi connectivity index (χ0n) is 49.7. The second-order valence-electron chi connectivity index (χ2n) is 27.1. The van der Waals surface area contributed by atoms with E-state index in [-0.39, 0.29) is 82.0 Å². The van der Waals surface area contributed by atoms with Crippen LogP contribution in [0.3, 0.4) is 0 Å². The molecule has 0 saturated carbocycles. The molecule has 0 aliphatic carbocycles. The Morgan fingerprint density at radius 2 is 1.13 bits per heavy atom. The van der Waals surface area contributed by atoms with Gasteiger partial charge in [0.05, 0.1) is 5.75 Å². The minimum absolute atomic E-state index is 0.0287. The molecule has 2 aromatic heterocycles. The third-order valence-electron chi connectivity index (χ3n) is 8.03. The number of azo groups is 1. The van der Waals surface area contributed by atoms with Crippen LogP contribution in [0.2, 0.25) is 25.3 Å². The summed E-state index contributed by atoms with van der Waals surface area (Å²) < 4.78 is 33.6. The van der Waals surface area contributed by atoms with Crippen molar-refractivity contribution in [2.24, 2.45) is 47.7 Å². The predicted molar refractivity (Wildman–Crippen MR) is 295 cm³/mol. The summed E-state index contributed by atoms with van der Waals surface area (Å²) in [5.41, 5.74) is 0.691. The number of hydrogen-bond acceptors (Lipinski definition) is 16. The maximum absolute atomic E-state index is 10.9. The first kappa shape index (κ1) is 74.5. The van der Waals surface area contributed by atoms with Gasteiger partial charge in [0.25, 0.3) is 13.8 Å². The smallest absolute Gasteiger partial charge is 0.291 e. The Morgan fingerprint density at radius 3 is 1.38 bits per heavy atom. The summed E-state index contributed by atoms with van der Waals surface area (Å²) in [6.07, 6.45) is 5.01. The molecule has 3 rings (SSSR count). The van der Waals surface area contributed by atoms with Gasteiger partial charge in [-0.15, -0.1) is 20.4 Å². The van der Waals surface area contributed by atoms with Gasteiger partial charge < -0.3 is 14.9 Å². The van der Waals surface area contributed by atoms with E-state index in [0.717, 1.165) is 37.2 Å². The highest BCUT2D eigenvalue weighted by molar-refractivity contribution is 7.90. The molecule has 2 aromatic rings. The van der Waals surface area contributed by atoms with Gasteiger partial charge in [0.1, 0.15) is 28.8 Å². The number of sulfone groups is 1. The Bertz CT molecular complexity index is 2040. The number of rotatable bonds is 10. The van der Waals surface area contributed by atoms with Crippen molar-refractivity contribution in [1.82, 2.24) is 40.4 Å². The number of aliphatic imine (C=N–C) groups is 1. The molecule has 0 saturated heterocycles. The van der Waals surface area contributed by atoms with Gasteiger partial charge in [-0.05, 0) is 73.6 Å². The molecule has 0 aromatic carbocycles. The zero-order chi connectivity index (χ0) is 57.4. The van der Waals surface area contributed by atoms with Crippen molar-refractivity contribution in [3.05, 3.63) is 11.6 Å². The van der Waals surface area contributed by atoms with Crippen molar-refractivity contribution in [2.75, 3.05) is 31.5 Å². The quantitative estimate of drug-likeness (QED) is 0.148. The third-order valence-corrected chi connectivity index (χ3v) is 11.0. The minimum Gasteiger partial charge on any atom is -0.451 e. The molecule has 3 heterocycles. The van der Waals surface area contributed by atoms with Crippen LogP contribution in [-0.2, 0) is 49.9 Å². The standard InChI is InChI=1S/2C9H16N4O.C7H13N3.C6H15BO.C6H15O2P.C6H14O2S.C5H13BO/c1-7(14)6-13-8(10-11-12-13)5-9(2,3)4;1-7(14)6-13-11-8(10-12-13)5-9(2,3)4;1-7(2,3)4-6-8-5-9-10-6;1-6(2,3)5-7(4)8;2*1-6(2,3)5-9(4,7)8;1-5(2,3)6(4)7/h2*5-6H2,1-4H3;4-5H2,1-3H3;8H,5H2,1-4H3;5H2,1-4H3,(H,7,8);5H2,1-4H3;7H,1-4H3. The van der Waals surface area contributed by atoms with E-state index < -0.39 is 17.2 Å². The average molecular weight is 1050 g/mol. The van der Waals surface area contributed by atoms with Gasteiger partial charge >= 0.3 is 0 Å². The van der Waals surface area contributed by atoms with Crippen LogP contribution in [0.4, 0.5) is 0 Å². The van der Waals surface area contributed by atoms with Crippen molar-refractivity contribution >= 4 is 48.4 Å². The van der Waals surface area contributed by atoms with Crippen LogP contribution in [0.15, 0.2) is 15.2 Å². The fourth-order valence-electron chi connectivity index (χ4n) is 5.62. The maximum Gasteiger partial charge on any atom is 0.291 e. The molecule has 1 unspecified atom stereocenters. The van der Waals surface area contributed by atoms with E-state index in [1.54, 1.807) is 11.5 Å². The lowest BCUT2D eigenvalue weighted by molar-refractivity contribution is -0.118. The highest BCUT2D eigenvalue weighted by Crippen LogP contribution is 2.41. The van der Waals surface area contributed by atoms with Gasteiger partial charge in [-0.25, -0.2) is 18.1 Å². The Balaban J connectivity index is -0.000000375. The number of carbonyl (C=O) groups excluding carboxylic acids is 2. The fourth-order valence-corrected chi connectivity index (χ4v) is 8.96. The van der Waals surface area contributed by atoms with Crippen LogP contribution in [0.5, 0.6) is 0 Å². The lowest BCUT2D eigenvalue weighted by Gasteiger charge is -2.19. The first-order chi connectivity index (χ1) is 31.1. The van der Waals surface area contributed by atoms with Crippen LogP contribution in [0.1, 0.15) is 177 Å². The van der Waals surface area contributed by atoms with Crippen molar-refractivity contribution in [3.8, 4) is 0 Å². The van der Waals surface area contributed by atoms with E-state index in [0.29, 0.717) is 18.7 Å². The predicted octanol–water partition coefficient (Wildman–Crippen LogP) is 10.0. The van der Waals surface area contributed by atoms with E-state index in [9.17, 15) is 22.6 Å². The average Bonchev–Trinajstić information content (AvgIpc) is 3.79. The molecule has 0 amide bonds. The number of hydrogen-bond donors (Lipinski definition) is 3. The topological polar surface area (TPSA) is 270 Å². The van der Waals surface area contributed by atoms with Gasteiger partial charge in [-0.3, -0.25) is 14.2 Å². The van der Waals surface area contributed by atoms with Crippen LogP contribution in [0, 0.1) is 32.5 Å². The maximum atomic E-state index is 10.9. The molecule has 414 valence electrons. The van der Waals surface area contributed by atoms with E-state index in [1.165, 1.54) is 31.6 Å². The molecule has 23 heteroatoms. The number of tetrazole rings is 2. The first-order valence-corrected chi connectivity index (χ1v) is 28.7.